The average molecular weight is 417 g/mol. The van der Waals surface area contributed by atoms with Gasteiger partial charge in [0.25, 0.3) is 0 Å². The van der Waals surface area contributed by atoms with Crippen LogP contribution in [0.2, 0.25) is 0 Å². The predicted molar refractivity (Wildman–Crippen MR) is 130 cm³/mol. The Hall–Kier alpha value is -2.20. The first-order chi connectivity index (χ1) is 15.2. The van der Waals surface area contributed by atoms with Gasteiger partial charge in [0.15, 0.2) is 0 Å². The second kappa shape index (κ2) is 10.9. The molecule has 3 nitrogen and oxygen atoms in total. The Balaban J connectivity index is 1.26. The highest BCUT2D eigenvalue weighted by molar-refractivity contribution is 5.83. The van der Waals surface area contributed by atoms with Gasteiger partial charge in [-0.25, -0.2) is 0 Å². The monoisotopic (exact) mass is 416 g/mol. The Morgan fingerprint density at radius 3 is 2.26 bits per heavy atom. The van der Waals surface area contributed by atoms with Gasteiger partial charge in [0.05, 0.1) is 12.7 Å². The molecule has 0 spiro atoms. The van der Waals surface area contributed by atoms with E-state index in [9.17, 15) is 0 Å². The maximum Gasteiger partial charge on any atom is 0.0720 e. The van der Waals surface area contributed by atoms with Crippen LogP contribution in [0.1, 0.15) is 42.9 Å². The standard InChI is InChI=1S/C28H36N2O/c1-3-15-29(2)20-24-9-11-27-19-25(10-12-26(27)18-24)22-31-28-13-16-30(17-14-28)21-23-7-5-4-6-8-23/h4-12,18-19,28H,3,13-17,20-22H2,1-2H3. The lowest BCUT2D eigenvalue weighted by Crippen LogP contribution is -2.36. The largest absolute Gasteiger partial charge is 0.373 e. The summed E-state index contributed by atoms with van der Waals surface area (Å²) in [5, 5.41) is 2.63. The molecule has 0 atom stereocenters. The van der Waals surface area contributed by atoms with Crippen molar-refractivity contribution in [2.45, 2.75) is 52.0 Å². The molecule has 1 fully saturated rings. The van der Waals surface area contributed by atoms with Crippen LogP contribution in [-0.4, -0.2) is 42.6 Å². The van der Waals surface area contributed by atoms with E-state index >= 15 is 0 Å². The second-order valence-electron chi connectivity index (χ2n) is 9.03. The summed E-state index contributed by atoms with van der Waals surface area (Å²) in [6.45, 7) is 8.37. The number of rotatable bonds is 9. The van der Waals surface area contributed by atoms with E-state index in [1.54, 1.807) is 0 Å². The summed E-state index contributed by atoms with van der Waals surface area (Å²) in [7, 11) is 2.19. The molecule has 0 radical (unpaired) electrons. The van der Waals surface area contributed by atoms with E-state index in [-0.39, 0.29) is 0 Å². The maximum absolute atomic E-state index is 6.29. The molecular formula is C28H36N2O. The SMILES string of the molecule is CCCN(C)Cc1ccc2cc(COC3CCN(Cc4ccccc4)CC3)ccc2c1. The Bertz CT molecular complexity index is 948. The predicted octanol–water partition coefficient (Wildman–Crippen LogP) is 5.86. The molecule has 1 heterocycles. The zero-order valence-corrected chi connectivity index (χ0v) is 19.1. The van der Waals surface area contributed by atoms with Crippen molar-refractivity contribution in [2.75, 3.05) is 26.7 Å². The van der Waals surface area contributed by atoms with Crippen molar-refractivity contribution in [3.05, 3.63) is 83.4 Å². The highest BCUT2D eigenvalue weighted by Crippen LogP contribution is 2.22. The van der Waals surface area contributed by atoms with Crippen molar-refractivity contribution >= 4 is 10.8 Å². The van der Waals surface area contributed by atoms with E-state index in [0.29, 0.717) is 12.7 Å². The van der Waals surface area contributed by atoms with Crippen LogP contribution in [0.25, 0.3) is 10.8 Å². The minimum absolute atomic E-state index is 0.374. The van der Waals surface area contributed by atoms with Crippen LogP contribution < -0.4 is 0 Å². The Kier molecular flexibility index (Phi) is 7.74. The smallest absolute Gasteiger partial charge is 0.0720 e. The van der Waals surface area contributed by atoms with Gasteiger partial charge < -0.3 is 9.64 Å². The van der Waals surface area contributed by atoms with Gasteiger partial charge in [-0.15, -0.1) is 0 Å². The normalized spacial score (nSPS) is 15.7. The molecule has 164 valence electrons. The first-order valence-corrected chi connectivity index (χ1v) is 11.8. The van der Waals surface area contributed by atoms with Crippen LogP contribution in [0, 0.1) is 0 Å². The van der Waals surface area contributed by atoms with E-state index in [4.69, 9.17) is 4.74 Å². The lowest BCUT2D eigenvalue weighted by atomic mass is 10.0. The average Bonchev–Trinajstić information content (AvgIpc) is 2.79. The van der Waals surface area contributed by atoms with Gasteiger partial charge in [-0.05, 0) is 72.5 Å². The lowest BCUT2D eigenvalue weighted by Gasteiger charge is -2.32. The molecule has 3 aromatic rings. The van der Waals surface area contributed by atoms with Gasteiger partial charge in [0.2, 0.25) is 0 Å². The maximum atomic E-state index is 6.29. The molecule has 0 aliphatic carbocycles. The number of likely N-dealkylation sites (tertiary alicyclic amines) is 1. The molecule has 0 aromatic heterocycles. The molecule has 0 bridgehead atoms. The minimum Gasteiger partial charge on any atom is -0.373 e. The number of piperidine rings is 1. The fourth-order valence-electron chi connectivity index (χ4n) is 4.59. The number of hydrogen-bond acceptors (Lipinski definition) is 3. The zero-order chi connectivity index (χ0) is 21.5. The van der Waals surface area contributed by atoms with Crippen molar-refractivity contribution < 1.29 is 4.74 Å². The summed E-state index contributed by atoms with van der Waals surface area (Å²) in [6, 6.07) is 24.4. The van der Waals surface area contributed by atoms with Crippen LogP contribution in [0.15, 0.2) is 66.7 Å². The lowest BCUT2D eigenvalue weighted by molar-refractivity contribution is -0.00390. The number of hydrogen-bond donors (Lipinski definition) is 0. The second-order valence-corrected chi connectivity index (χ2v) is 9.03. The summed E-state index contributed by atoms with van der Waals surface area (Å²) in [4.78, 5) is 4.93. The van der Waals surface area contributed by atoms with Gasteiger partial charge in [-0.1, -0.05) is 61.5 Å². The molecule has 0 N–H and O–H groups in total. The molecule has 31 heavy (non-hydrogen) atoms. The van der Waals surface area contributed by atoms with Gasteiger partial charge in [0.1, 0.15) is 0 Å². The van der Waals surface area contributed by atoms with Crippen molar-refractivity contribution in [2.24, 2.45) is 0 Å². The molecule has 0 unspecified atom stereocenters. The molecule has 1 saturated heterocycles. The van der Waals surface area contributed by atoms with Gasteiger partial charge in [-0.3, -0.25) is 4.90 Å². The van der Waals surface area contributed by atoms with E-state index < -0.39 is 0 Å². The number of ether oxygens (including phenoxy) is 1. The fraction of sp³-hybridized carbons (Fsp3) is 0.429. The fourth-order valence-corrected chi connectivity index (χ4v) is 4.59. The topological polar surface area (TPSA) is 15.7 Å². The van der Waals surface area contributed by atoms with Gasteiger partial charge in [-0.2, -0.15) is 0 Å². The third-order valence-electron chi connectivity index (χ3n) is 6.30. The first kappa shape index (κ1) is 22.0. The summed E-state index contributed by atoms with van der Waals surface area (Å²) in [5.74, 6) is 0. The van der Waals surface area contributed by atoms with Crippen molar-refractivity contribution in [1.82, 2.24) is 9.80 Å². The molecule has 0 saturated carbocycles. The van der Waals surface area contributed by atoms with Crippen LogP contribution >= 0.6 is 0 Å². The van der Waals surface area contributed by atoms with Gasteiger partial charge in [0, 0.05) is 26.2 Å². The first-order valence-electron chi connectivity index (χ1n) is 11.8. The highest BCUT2D eigenvalue weighted by atomic mass is 16.5. The molecule has 3 heteroatoms. The molecule has 4 rings (SSSR count). The van der Waals surface area contributed by atoms with Crippen LogP contribution in [-0.2, 0) is 24.4 Å². The Labute approximate surface area is 187 Å². The van der Waals surface area contributed by atoms with Crippen LogP contribution in [0.4, 0.5) is 0 Å². The summed E-state index contributed by atoms with van der Waals surface area (Å²) >= 11 is 0. The Morgan fingerprint density at radius 1 is 0.871 bits per heavy atom. The van der Waals surface area contributed by atoms with Crippen molar-refractivity contribution in [3.8, 4) is 0 Å². The van der Waals surface area contributed by atoms with Crippen molar-refractivity contribution in [1.29, 1.82) is 0 Å². The zero-order valence-electron chi connectivity index (χ0n) is 19.1. The third kappa shape index (κ3) is 6.39. The van der Waals surface area contributed by atoms with Gasteiger partial charge >= 0.3 is 0 Å². The van der Waals surface area contributed by atoms with E-state index in [2.05, 4.69) is 90.5 Å². The Morgan fingerprint density at radius 2 is 1.55 bits per heavy atom. The summed E-state index contributed by atoms with van der Waals surface area (Å²) in [5.41, 5.74) is 4.06. The summed E-state index contributed by atoms with van der Waals surface area (Å²) < 4.78 is 6.29. The summed E-state index contributed by atoms with van der Waals surface area (Å²) in [6.07, 6.45) is 3.81. The molecule has 1 aliphatic heterocycles. The van der Waals surface area contributed by atoms with Crippen LogP contribution in [0.5, 0.6) is 0 Å². The van der Waals surface area contributed by atoms with E-state index in [0.717, 1.165) is 45.6 Å². The highest BCUT2D eigenvalue weighted by Gasteiger charge is 2.19. The minimum atomic E-state index is 0.374. The van der Waals surface area contributed by atoms with Crippen LogP contribution in [0.3, 0.4) is 0 Å². The van der Waals surface area contributed by atoms with E-state index in [1.807, 2.05) is 0 Å². The number of nitrogens with zero attached hydrogens (tertiary/aromatic N) is 2. The molecule has 3 aromatic carbocycles. The number of fused-ring (bicyclic) bond motifs is 1. The van der Waals surface area contributed by atoms with E-state index in [1.165, 1.54) is 33.9 Å². The van der Waals surface area contributed by atoms with Crippen molar-refractivity contribution in [3.63, 3.8) is 0 Å². The number of benzene rings is 3. The molecule has 1 aliphatic rings. The molecule has 0 amide bonds. The molecular weight excluding hydrogens is 380 g/mol. The quantitative estimate of drug-likeness (QED) is 0.434. The third-order valence-corrected chi connectivity index (χ3v) is 6.30.